The molecule has 0 aromatic heterocycles. The van der Waals surface area contributed by atoms with Gasteiger partial charge in [0.2, 0.25) is 11.8 Å². The fraction of sp³-hybridized carbons (Fsp3) is 0.407. The average molecular weight is 561 g/mol. The van der Waals surface area contributed by atoms with E-state index in [0.717, 1.165) is 5.56 Å². The van der Waals surface area contributed by atoms with Crippen LogP contribution in [0.15, 0.2) is 42.5 Å². The van der Waals surface area contributed by atoms with Gasteiger partial charge in [-0.25, -0.2) is 9.18 Å². The molecule has 0 bridgehead atoms. The standard InChI is InChI=1S/C27H27Cl2FN4O4/c1-32(27(37)38-20-5-3-19(30)4-6-20)24-16-34(15-21(24)18-2-7-22(28)23(29)14-18)26(36)17-9-12-33(13-10-17)25(35)8-11-31/h2-7,14,17,21,24H,8-10,12-13,15-16H2,1H3. The number of ether oxygens (including phenoxy) is 1. The first kappa shape index (κ1) is 27.7. The summed E-state index contributed by atoms with van der Waals surface area (Å²) < 4.78 is 18.7. The second-order valence-corrected chi connectivity index (χ2v) is 10.3. The smallest absolute Gasteiger partial charge is 0.410 e. The van der Waals surface area contributed by atoms with E-state index in [1.54, 1.807) is 29.0 Å². The maximum Gasteiger partial charge on any atom is 0.415 e. The number of amides is 3. The van der Waals surface area contributed by atoms with E-state index in [-0.39, 0.29) is 42.4 Å². The molecule has 3 amide bonds. The Balaban J connectivity index is 1.50. The first-order chi connectivity index (χ1) is 18.2. The molecule has 0 N–H and O–H groups in total. The van der Waals surface area contributed by atoms with Crippen molar-refractivity contribution in [1.82, 2.24) is 14.7 Å². The first-order valence-corrected chi connectivity index (χ1v) is 13.0. The van der Waals surface area contributed by atoms with Crippen LogP contribution in [-0.4, -0.2) is 71.9 Å². The van der Waals surface area contributed by atoms with E-state index >= 15 is 0 Å². The minimum absolute atomic E-state index is 0.0368. The van der Waals surface area contributed by atoms with Crippen molar-refractivity contribution in [1.29, 1.82) is 5.26 Å². The molecule has 2 aromatic rings. The number of rotatable bonds is 5. The van der Waals surface area contributed by atoms with E-state index in [1.807, 2.05) is 12.1 Å². The van der Waals surface area contributed by atoms with Crippen molar-refractivity contribution < 1.29 is 23.5 Å². The Morgan fingerprint density at radius 1 is 1.05 bits per heavy atom. The molecule has 2 heterocycles. The van der Waals surface area contributed by atoms with Crippen molar-refractivity contribution in [3.8, 4) is 11.8 Å². The van der Waals surface area contributed by atoms with Crippen LogP contribution in [0, 0.1) is 23.1 Å². The van der Waals surface area contributed by atoms with Gasteiger partial charge in [-0.3, -0.25) is 9.59 Å². The zero-order valence-electron chi connectivity index (χ0n) is 20.8. The van der Waals surface area contributed by atoms with Crippen molar-refractivity contribution in [2.75, 3.05) is 33.2 Å². The number of piperidine rings is 1. The largest absolute Gasteiger partial charge is 0.415 e. The van der Waals surface area contributed by atoms with E-state index in [9.17, 15) is 18.8 Å². The lowest BCUT2D eigenvalue weighted by Gasteiger charge is -2.33. The van der Waals surface area contributed by atoms with E-state index in [4.69, 9.17) is 33.2 Å². The predicted octanol–water partition coefficient (Wildman–Crippen LogP) is 4.71. The fourth-order valence-corrected chi connectivity index (χ4v) is 5.36. The molecular formula is C27H27Cl2FN4O4. The third kappa shape index (κ3) is 6.20. The van der Waals surface area contributed by atoms with Crippen LogP contribution < -0.4 is 4.74 Å². The second kappa shape index (κ2) is 12.0. The Kier molecular flexibility index (Phi) is 8.75. The van der Waals surface area contributed by atoms with Crippen LogP contribution in [0.1, 0.15) is 30.7 Å². The molecule has 8 nitrogen and oxygen atoms in total. The molecule has 2 aromatic carbocycles. The predicted molar refractivity (Wildman–Crippen MR) is 139 cm³/mol. The van der Waals surface area contributed by atoms with Gasteiger partial charge in [0.1, 0.15) is 18.0 Å². The van der Waals surface area contributed by atoms with Crippen LogP contribution in [0.25, 0.3) is 0 Å². The molecule has 2 aliphatic heterocycles. The number of likely N-dealkylation sites (tertiary alicyclic amines) is 2. The lowest BCUT2D eigenvalue weighted by Crippen LogP contribution is -2.45. The maximum atomic E-state index is 13.5. The Morgan fingerprint density at radius 2 is 1.74 bits per heavy atom. The SMILES string of the molecule is CN(C(=O)Oc1ccc(F)cc1)C1CN(C(=O)C2CCN(C(=O)CC#N)CC2)CC1c1ccc(Cl)c(Cl)c1. The number of halogens is 3. The number of carbonyl (C=O) groups excluding carboxylic acids is 3. The molecular weight excluding hydrogens is 534 g/mol. The van der Waals surface area contributed by atoms with Crippen LogP contribution >= 0.6 is 23.2 Å². The van der Waals surface area contributed by atoms with Crippen LogP contribution in [0.2, 0.25) is 10.0 Å². The summed E-state index contributed by atoms with van der Waals surface area (Å²) in [5, 5.41) is 9.55. The molecule has 38 heavy (non-hydrogen) atoms. The van der Waals surface area contributed by atoms with Crippen molar-refractivity contribution in [2.45, 2.75) is 31.2 Å². The number of carbonyl (C=O) groups is 3. The summed E-state index contributed by atoms with van der Waals surface area (Å²) in [6, 6.07) is 11.9. The van der Waals surface area contributed by atoms with Crippen LogP contribution in [0.3, 0.4) is 0 Å². The van der Waals surface area contributed by atoms with Gasteiger partial charge in [-0.1, -0.05) is 29.3 Å². The molecule has 200 valence electrons. The van der Waals surface area contributed by atoms with Crippen molar-refractivity contribution in [2.24, 2.45) is 5.92 Å². The lowest BCUT2D eigenvalue weighted by molar-refractivity contribution is -0.139. The first-order valence-electron chi connectivity index (χ1n) is 12.3. The number of nitrogens with zero attached hydrogens (tertiary/aromatic N) is 4. The van der Waals surface area contributed by atoms with Gasteiger partial charge in [-0.2, -0.15) is 5.26 Å². The summed E-state index contributed by atoms with van der Waals surface area (Å²) in [7, 11) is 1.61. The highest BCUT2D eigenvalue weighted by Gasteiger charge is 2.42. The third-order valence-corrected chi connectivity index (χ3v) is 7.94. The summed E-state index contributed by atoms with van der Waals surface area (Å²) in [6.45, 7) is 1.50. The summed E-state index contributed by atoms with van der Waals surface area (Å²) in [5.74, 6) is -1.01. The number of likely N-dealkylation sites (N-methyl/N-ethyl adjacent to an activating group) is 1. The molecule has 0 radical (unpaired) electrons. The van der Waals surface area contributed by atoms with Gasteiger partial charge < -0.3 is 19.4 Å². The lowest BCUT2D eigenvalue weighted by atomic mass is 9.93. The maximum absolute atomic E-state index is 13.5. The van der Waals surface area contributed by atoms with Gasteiger partial charge in [0.15, 0.2) is 0 Å². The zero-order chi connectivity index (χ0) is 27.4. The molecule has 0 aliphatic carbocycles. The molecule has 2 atom stereocenters. The highest BCUT2D eigenvalue weighted by molar-refractivity contribution is 6.42. The average Bonchev–Trinajstić information content (AvgIpc) is 3.36. The number of benzene rings is 2. The Bertz CT molecular complexity index is 1240. The van der Waals surface area contributed by atoms with E-state index in [0.29, 0.717) is 42.5 Å². The molecule has 2 unspecified atom stereocenters. The Morgan fingerprint density at radius 3 is 2.37 bits per heavy atom. The number of hydrogen-bond donors (Lipinski definition) is 0. The highest BCUT2D eigenvalue weighted by Crippen LogP contribution is 2.36. The number of nitriles is 1. The summed E-state index contributed by atoms with van der Waals surface area (Å²) in [5.41, 5.74) is 0.832. The molecule has 0 spiro atoms. The summed E-state index contributed by atoms with van der Waals surface area (Å²) in [6.07, 6.45) is 0.219. The molecule has 4 rings (SSSR count). The monoisotopic (exact) mass is 560 g/mol. The zero-order valence-corrected chi connectivity index (χ0v) is 22.3. The molecule has 11 heteroatoms. The van der Waals surface area contributed by atoms with Gasteiger partial charge in [0.05, 0.1) is 22.2 Å². The third-order valence-electron chi connectivity index (χ3n) is 7.20. The normalized spacial score (nSPS) is 19.7. The summed E-state index contributed by atoms with van der Waals surface area (Å²) in [4.78, 5) is 43.4. The van der Waals surface area contributed by atoms with Gasteiger partial charge in [-0.15, -0.1) is 0 Å². The van der Waals surface area contributed by atoms with Crippen molar-refractivity contribution in [3.05, 3.63) is 63.9 Å². The topological polar surface area (TPSA) is 93.9 Å². The molecule has 2 fully saturated rings. The minimum Gasteiger partial charge on any atom is -0.410 e. The van der Waals surface area contributed by atoms with E-state index in [2.05, 4.69) is 0 Å². The van der Waals surface area contributed by atoms with Crippen LogP contribution in [0.5, 0.6) is 5.75 Å². The highest BCUT2D eigenvalue weighted by atomic mass is 35.5. The molecule has 0 saturated carbocycles. The fourth-order valence-electron chi connectivity index (χ4n) is 5.05. The van der Waals surface area contributed by atoms with Crippen LogP contribution in [0.4, 0.5) is 9.18 Å². The Hall–Kier alpha value is -3.35. The van der Waals surface area contributed by atoms with Gasteiger partial charge >= 0.3 is 6.09 Å². The van der Waals surface area contributed by atoms with Gasteiger partial charge in [0, 0.05) is 45.1 Å². The quantitative estimate of drug-likeness (QED) is 0.527. The van der Waals surface area contributed by atoms with Gasteiger partial charge in [-0.05, 0) is 54.8 Å². The summed E-state index contributed by atoms with van der Waals surface area (Å²) >= 11 is 12.4. The minimum atomic E-state index is -0.634. The van der Waals surface area contributed by atoms with Crippen molar-refractivity contribution >= 4 is 41.1 Å². The molecule has 2 aliphatic rings. The number of hydrogen-bond acceptors (Lipinski definition) is 5. The Labute approximate surface area is 230 Å². The van der Waals surface area contributed by atoms with E-state index < -0.39 is 18.0 Å². The molecule has 2 saturated heterocycles. The van der Waals surface area contributed by atoms with Gasteiger partial charge in [0.25, 0.3) is 0 Å². The van der Waals surface area contributed by atoms with Crippen LogP contribution in [-0.2, 0) is 9.59 Å². The van der Waals surface area contributed by atoms with Crippen molar-refractivity contribution in [3.63, 3.8) is 0 Å². The van der Waals surface area contributed by atoms with E-state index in [1.165, 1.54) is 29.2 Å². The second-order valence-electron chi connectivity index (χ2n) is 9.51.